The van der Waals surface area contributed by atoms with Crippen molar-refractivity contribution in [2.24, 2.45) is 0 Å². The van der Waals surface area contributed by atoms with Crippen LogP contribution in [0.15, 0.2) is 48.5 Å². The van der Waals surface area contributed by atoms with Crippen molar-refractivity contribution in [3.05, 3.63) is 70.8 Å². The number of alkyl halides is 6. The van der Waals surface area contributed by atoms with Crippen LogP contribution in [-0.2, 0) is 27.5 Å². The summed E-state index contributed by atoms with van der Waals surface area (Å²) in [6.07, 6.45) is -8.98. The lowest BCUT2D eigenvalue weighted by molar-refractivity contribution is -0.143. The molecule has 1 N–H and O–H groups in total. The zero-order valence-corrected chi connectivity index (χ0v) is 17.1. The maximum atomic E-state index is 13.2. The van der Waals surface area contributed by atoms with Crippen LogP contribution in [0.25, 0.3) is 0 Å². The minimum Gasteiger partial charge on any atom is -0.346 e. The first-order valence-electron chi connectivity index (χ1n) is 10.0. The molecule has 32 heavy (non-hydrogen) atoms. The summed E-state index contributed by atoms with van der Waals surface area (Å²) >= 11 is 0. The molecule has 0 spiro atoms. The number of carbonyl (C=O) groups excluding carboxylic acids is 2. The number of halogens is 6. The lowest BCUT2D eigenvalue weighted by atomic mass is 9.75. The third-order valence-corrected chi connectivity index (χ3v) is 5.85. The second-order valence-corrected chi connectivity index (χ2v) is 8.04. The van der Waals surface area contributed by atoms with Gasteiger partial charge in [0.05, 0.1) is 22.6 Å². The Labute approximate surface area is 180 Å². The van der Waals surface area contributed by atoms with Gasteiger partial charge in [0, 0.05) is 12.8 Å². The van der Waals surface area contributed by atoms with Crippen molar-refractivity contribution < 1.29 is 35.9 Å². The predicted molar refractivity (Wildman–Crippen MR) is 105 cm³/mol. The zero-order valence-electron chi connectivity index (χ0n) is 17.1. The van der Waals surface area contributed by atoms with E-state index in [1.165, 1.54) is 6.92 Å². The number of hydrogen-bond acceptors (Lipinski definition) is 2. The number of nitrogens with one attached hydrogen (secondary N) is 1. The molecule has 0 aliphatic heterocycles. The van der Waals surface area contributed by atoms with E-state index in [-0.39, 0.29) is 30.3 Å². The standard InChI is InChI=1S/C23H21F6NO2/c1-14(15-11-17(22(24,25)26)13-18(12-15)23(27,28)29)20(32)30-21(9-7-19(31)8-10-21)16-5-3-2-4-6-16/h2-6,11-14H,7-10H2,1H3,(H,30,32)/t14-/m0/s1. The van der Waals surface area contributed by atoms with Gasteiger partial charge < -0.3 is 5.32 Å². The Bertz CT molecular complexity index is 956. The van der Waals surface area contributed by atoms with Crippen LogP contribution in [0.1, 0.15) is 60.8 Å². The molecule has 0 radical (unpaired) electrons. The molecule has 1 aliphatic carbocycles. The third-order valence-electron chi connectivity index (χ3n) is 5.85. The van der Waals surface area contributed by atoms with Crippen molar-refractivity contribution in [3.8, 4) is 0 Å². The molecular formula is C23H21F6NO2. The van der Waals surface area contributed by atoms with Crippen LogP contribution in [0.4, 0.5) is 26.3 Å². The van der Waals surface area contributed by atoms with Gasteiger partial charge in [0.15, 0.2) is 0 Å². The first kappa shape index (κ1) is 23.8. The molecule has 0 bridgehead atoms. The van der Waals surface area contributed by atoms with E-state index < -0.39 is 40.8 Å². The van der Waals surface area contributed by atoms with Gasteiger partial charge in [0.25, 0.3) is 0 Å². The van der Waals surface area contributed by atoms with Crippen molar-refractivity contribution in [1.82, 2.24) is 5.32 Å². The maximum absolute atomic E-state index is 13.2. The fourth-order valence-corrected chi connectivity index (χ4v) is 3.92. The van der Waals surface area contributed by atoms with Gasteiger partial charge in [-0.05, 0) is 49.1 Å². The summed E-state index contributed by atoms with van der Waals surface area (Å²) in [4.78, 5) is 24.8. The largest absolute Gasteiger partial charge is 0.416 e. The molecule has 1 fully saturated rings. The molecule has 1 aliphatic rings. The van der Waals surface area contributed by atoms with E-state index in [1.807, 2.05) is 0 Å². The lowest BCUT2D eigenvalue weighted by Crippen LogP contribution is -2.49. The summed E-state index contributed by atoms with van der Waals surface area (Å²) in [5, 5.41) is 2.83. The van der Waals surface area contributed by atoms with E-state index in [1.54, 1.807) is 30.3 Å². The average molecular weight is 457 g/mol. The summed E-state index contributed by atoms with van der Waals surface area (Å²) in [5.41, 5.74) is -3.52. The topological polar surface area (TPSA) is 46.2 Å². The smallest absolute Gasteiger partial charge is 0.346 e. The highest BCUT2D eigenvalue weighted by atomic mass is 19.4. The van der Waals surface area contributed by atoms with Crippen LogP contribution in [0.3, 0.4) is 0 Å². The zero-order chi connectivity index (χ0) is 23.7. The van der Waals surface area contributed by atoms with Gasteiger partial charge in [-0.25, -0.2) is 0 Å². The molecule has 3 rings (SSSR count). The molecule has 2 aromatic rings. The molecule has 0 unspecified atom stereocenters. The van der Waals surface area contributed by atoms with Crippen LogP contribution >= 0.6 is 0 Å². The maximum Gasteiger partial charge on any atom is 0.416 e. The van der Waals surface area contributed by atoms with Gasteiger partial charge in [-0.1, -0.05) is 30.3 Å². The monoisotopic (exact) mass is 457 g/mol. The van der Waals surface area contributed by atoms with E-state index in [4.69, 9.17) is 0 Å². The van der Waals surface area contributed by atoms with E-state index in [0.29, 0.717) is 25.0 Å². The van der Waals surface area contributed by atoms with Crippen molar-refractivity contribution in [1.29, 1.82) is 0 Å². The summed E-state index contributed by atoms with van der Waals surface area (Å²) in [6.45, 7) is 1.26. The van der Waals surface area contributed by atoms with Crippen LogP contribution in [-0.4, -0.2) is 11.7 Å². The van der Waals surface area contributed by atoms with Gasteiger partial charge in [-0.2, -0.15) is 26.3 Å². The molecule has 1 atom stereocenters. The summed E-state index contributed by atoms with van der Waals surface area (Å²) in [7, 11) is 0. The van der Waals surface area contributed by atoms with Crippen LogP contribution in [0, 0.1) is 0 Å². The van der Waals surface area contributed by atoms with Gasteiger partial charge in [0.1, 0.15) is 5.78 Å². The second-order valence-electron chi connectivity index (χ2n) is 8.04. The number of rotatable bonds is 4. The Balaban J connectivity index is 1.96. The molecular weight excluding hydrogens is 436 g/mol. The van der Waals surface area contributed by atoms with Crippen molar-refractivity contribution in [3.63, 3.8) is 0 Å². The Morgan fingerprint density at radius 2 is 1.41 bits per heavy atom. The van der Waals surface area contributed by atoms with Gasteiger partial charge in [-0.15, -0.1) is 0 Å². The lowest BCUT2D eigenvalue weighted by Gasteiger charge is -2.39. The van der Waals surface area contributed by atoms with E-state index in [2.05, 4.69) is 5.32 Å². The summed E-state index contributed by atoms with van der Waals surface area (Å²) in [6, 6.07) is 10.00. The summed E-state index contributed by atoms with van der Waals surface area (Å²) in [5.74, 6) is -1.96. The fraction of sp³-hybridized carbons (Fsp3) is 0.391. The van der Waals surface area contributed by atoms with Crippen LogP contribution in [0.2, 0.25) is 0 Å². The van der Waals surface area contributed by atoms with E-state index in [9.17, 15) is 35.9 Å². The van der Waals surface area contributed by atoms with E-state index in [0.717, 1.165) is 5.56 Å². The first-order chi connectivity index (χ1) is 14.8. The number of ketones is 1. The summed E-state index contributed by atoms with van der Waals surface area (Å²) < 4.78 is 79.2. The van der Waals surface area contributed by atoms with E-state index >= 15 is 0 Å². The average Bonchev–Trinajstić information content (AvgIpc) is 2.74. The minimum absolute atomic E-state index is 0.0338. The molecule has 1 amide bonds. The van der Waals surface area contributed by atoms with Crippen LogP contribution in [0.5, 0.6) is 0 Å². The number of carbonyl (C=O) groups is 2. The highest BCUT2D eigenvalue weighted by Crippen LogP contribution is 2.39. The van der Waals surface area contributed by atoms with Crippen LogP contribution < -0.4 is 5.32 Å². The predicted octanol–water partition coefficient (Wildman–Crippen LogP) is 5.98. The first-order valence-corrected chi connectivity index (χ1v) is 10.0. The van der Waals surface area contributed by atoms with Gasteiger partial charge in [0.2, 0.25) is 5.91 Å². The molecule has 0 saturated heterocycles. The SMILES string of the molecule is C[C@H](C(=O)NC1(c2ccccc2)CCC(=O)CC1)c1cc(C(F)(F)F)cc(C(F)(F)F)c1. The fourth-order valence-electron chi connectivity index (χ4n) is 3.92. The highest BCUT2D eigenvalue weighted by molar-refractivity contribution is 5.85. The number of benzene rings is 2. The van der Waals surface area contributed by atoms with Crippen molar-refractivity contribution in [2.45, 2.75) is 56.4 Å². The Morgan fingerprint density at radius 1 is 0.906 bits per heavy atom. The molecule has 9 heteroatoms. The van der Waals surface area contributed by atoms with Gasteiger partial charge in [-0.3, -0.25) is 9.59 Å². The molecule has 2 aromatic carbocycles. The van der Waals surface area contributed by atoms with Gasteiger partial charge >= 0.3 is 12.4 Å². The highest BCUT2D eigenvalue weighted by Gasteiger charge is 2.40. The van der Waals surface area contributed by atoms with Crippen molar-refractivity contribution in [2.75, 3.05) is 0 Å². The Hall–Kier alpha value is -2.84. The number of Topliss-reactive ketones (excluding diaryl/α,β-unsaturated/α-hetero) is 1. The van der Waals surface area contributed by atoms with Crippen molar-refractivity contribution >= 4 is 11.7 Å². The third kappa shape index (κ3) is 5.14. The molecule has 0 heterocycles. The molecule has 172 valence electrons. The number of hydrogen-bond donors (Lipinski definition) is 1. The molecule has 3 nitrogen and oxygen atoms in total. The quantitative estimate of drug-likeness (QED) is 0.574. The molecule has 1 saturated carbocycles. The minimum atomic E-state index is -5.00. The Kier molecular flexibility index (Phi) is 6.40. The normalized spacial score (nSPS) is 17.7. The number of amides is 1. The molecule has 0 aromatic heterocycles. The second kappa shape index (κ2) is 8.60. The Morgan fingerprint density at radius 3 is 1.88 bits per heavy atom.